The largest absolute Gasteiger partial charge is 0.462 e. The minimum absolute atomic E-state index is 0.562. The monoisotopic (exact) mass is 263 g/mol. The molecule has 18 heavy (non-hydrogen) atoms. The average Bonchev–Trinajstić information content (AvgIpc) is 2.74. The summed E-state index contributed by atoms with van der Waals surface area (Å²) < 4.78 is 0. The second kappa shape index (κ2) is 4.45. The van der Waals surface area contributed by atoms with Gasteiger partial charge in [-0.1, -0.05) is 43.0 Å². The molecule has 2 rings (SSSR count). The lowest BCUT2D eigenvalue weighted by molar-refractivity contribution is 0.147. The van der Waals surface area contributed by atoms with E-state index in [2.05, 4.69) is 24.7 Å². The van der Waals surface area contributed by atoms with Crippen LogP contribution in [0.25, 0.3) is 0 Å². The maximum absolute atomic E-state index is 11.3. The lowest BCUT2D eigenvalue weighted by Crippen LogP contribution is -2.41. The first-order valence-corrected chi connectivity index (χ1v) is 9.33. The van der Waals surface area contributed by atoms with Gasteiger partial charge in [0.15, 0.2) is 0 Å². The molecule has 0 atom stereocenters. The second-order valence-electron chi connectivity index (χ2n) is 5.26. The van der Waals surface area contributed by atoms with Gasteiger partial charge in [-0.2, -0.15) is 5.10 Å². The molecule has 1 aromatic rings. The average molecular weight is 263 g/mol. The molecule has 5 nitrogen and oxygen atoms in total. The molecular formula is C12H17N3O2Si. The summed E-state index contributed by atoms with van der Waals surface area (Å²) in [6.07, 6.45) is -1.05. The second-order valence-corrected chi connectivity index (χ2v) is 10.3. The molecule has 0 aromatic heterocycles. The molecule has 1 aliphatic rings. The Kier molecular flexibility index (Phi) is 3.12. The Morgan fingerprint density at radius 2 is 1.89 bits per heavy atom. The summed E-state index contributed by atoms with van der Waals surface area (Å²) in [5, 5.41) is 17.2. The molecule has 0 bridgehead atoms. The highest BCUT2D eigenvalue weighted by atomic mass is 28.3. The molecular weight excluding hydrogens is 246 g/mol. The van der Waals surface area contributed by atoms with Crippen LogP contribution in [0, 0.1) is 0 Å². The fraction of sp³-hybridized carbons (Fsp3) is 0.333. The minimum Gasteiger partial charge on any atom is -0.462 e. The molecule has 1 aromatic carbocycles. The third kappa shape index (κ3) is 2.38. The van der Waals surface area contributed by atoms with Crippen LogP contribution < -0.4 is 5.01 Å². The van der Waals surface area contributed by atoms with Crippen LogP contribution in [0.1, 0.15) is 0 Å². The van der Waals surface area contributed by atoms with Gasteiger partial charge in [0.05, 0.1) is 12.2 Å². The summed E-state index contributed by atoms with van der Waals surface area (Å²) in [6, 6.07) is 9.46. The molecule has 0 radical (unpaired) electrons. The van der Waals surface area contributed by atoms with E-state index in [1.807, 2.05) is 30.3 Å². The first-order valence-electron chi connectivity index (χ1n) is 5.83. The fourth-order valence-corrected chi connectivity index (χ4v) is 2.76. The van der Waals surface area contributed by atoms with E-state index in [0.29, 0.717) is 6.54 Å². The maximum atomic E-state index is 11.3. The van der Waals surface area contributed by atoms with Gasteiger partial charge < -0.3 is 5.11 Å². The molecule has 1 heterocycles. The molecule has 0 spiro atoms. The lowest BCUT2D eigenvalue weighted by atomic mass is 10.3. The van der Waals surface area contributed by atoms with Gasteiger partial charge in [-0.25, -0.2) is 4.79 Å². The summed E-state index contributed by atoms with van der Waals surface area (Å²) in [5.41, 5.74) is 0.844. The van der Waals surface area contributed by atoms with Crippen molar-refractivity contribution < 1.29 is 9.90 Å². The first kappa shape index (κ1) is 12.6. The van der Waals surface area contributed by atoms with Gasteiger partial charge in [0.1, 0.15) is 8.07 Å². The van der Waals surface area contributed by atoms with E-state index in [4.69, 9.17) is 0 Å². The van der Waals surface area contributed by atoms with Crippen LogP contribution in [0.5, 0.6) is 0 Å². The van der Waals surface area contributed by atoms with Gasteiger partial charge in [0, 0.05) is 5.33 Å². The highest BCUT2D eigenvalue weighted by molar-refractivity contribution is 7.04. The predicted octanol–water partition coefficient (Wildman–Crippen LogP) is 2.64. The Morgan fingerprint density at radius 1 is 1.28 bits per heavy atom. The van der Waals surface area contributed by atoms with Crippen LogP contribution >= 0.6 is 0 Å². The van der Waals surface area contributed by atoms with Gasteiger partial charge in [-0.3, -0.25) is 5.01 Å². The summed E-state index contributed by atoms with van der Waals surface area (Å²) in [4.78, 5) is 11.3. The Hall–Kier alpha value is -1.82. The first-order chi connectivity index (χ1) is 8.39. The van der Waals surface area contributed by atoms with E-state index in [1.54, 1.807) is 5.01 Å². The number of benzene rings is 1. The third-order valence-corrected chi connectivity index (χ3v) is 4.82. The van der Waals surface area contributed by atoms with E-state index in [1.165, 1.54) is 0 Å². The van der Waals surface area contributed by atoms with E-state index in [9.17, 15) is 9.90 Å². The number of nitrogens with zero attached hydrogens (tertiary/aromatic N) is 3. The Bertz CT molecular complexity index is 482. The number of hydrogen-bond acceptors (Lipinski definition) is 3. The standard InChI is InChI=1S/C12H17N3O2Si/c1-18(2,3)11-9-14(15(13-11)12(16)17)10-7-5-4-6-8-10/h4-8H,9H2,1-3H3,(H,16,17). The van der Waals surface area contributed by atoms with E-state index >= 15 is 0 Å². The minimum atomic E-state index is -1.58. The number of hydrazone groups is 1. The Labute approximate surface area is 107 Å². The topological polar surface area (TPSA) is 56.1 Å². The number of para-hydroxylation sites is 1. The molecule has 1 amide bonds. The molecule has 6 heteroatoms. The smallest absolute Gasteiger partial charge is 0.448 e. The summed E-state index contributed by atoms with van der Waals surface area (Å²) >= 11 is 0. The number of hydrazine groups is 1. The molecule has 0 unspecified atom stereocenters. The van der Waals surface area contributed by atoms with Crippen molar-refractivity contribution in [2.45, 2.75) is 19.6 Å². The molecule has 1 aliphatic heterocycles. The highest BCUT2D eigenvalue weighted by Gasteiger charge is 2.35. The molecule has 0 saturated heterocycles. The number of carbonyl (C=O) groups is 1. The van der Waals surface area contributed by atoms with Crippen LogP contribution in [0.15, 0.2) is 35.4 Å². The molecule has 0 saturated carbocycles. The zero-order valence-corrected chi connectivity index (χ0v) is 11.8. The van der Waals surface area contributed by atoms with Crippen molar-refractivity contribution in [1.82, 2.24) is 5.12 Å². The summed E-state index contributed by atoms with van der Waals surface area (Å²) in [6.45, 7) is 7.06. The van der Waals surface area contributed by atoms with Crippen LogP contribution in [-0.4, -0.2) is 36.3 Å². The Morgan fingerprint density at radius 3 is 2.39 bits per heavy atom. The van der Waals surface area contributed by atoms with Crippen molar-refractivity contribution in [3.05, 3.63) is 30.3 Å². The number of rotatable bonds is 2. The van der Waals surface area contributed by atoms with Crippen molar-refractivity contribution in [2.24, 2.45) is 5.10 Å². The van der Waals surface area contributed by atoms with Gasteiger partial charge >= 0.3 is 6.09 Å². The normalized spacial score (nSPS) is 15.8. The fourth-order valence-electron chi connectivity index (χ4n) is 1.74. The summed E-state index contributed by atoms with van der Waals surface area (Å²) in [7, 11) is -1.58. The van der Waals surface area contributed by atoms with Gasteiger partial charge in [-0.15, -0.1) is 0 Å². The number of anilines is 1. The molecule has 96 valence electrons. The zero-order chi connectivity index (χ0) is 13.3. The predicted molar refractivity (Wildman–Crippen MR) is 74.4 cm³/mol. The third-order valence-electron chi connectivity index (χ3n) is 2.83. The van der Waals surface area contributed by atoms with Crippen molar-refractivity contribution >= 4 is 25.2 Å². The van der Waals surface area contributed by atoms with Crippen molar-refractivity contribution in [2.75, 3.05) is 11.6 Å². The molecule has 0 fully saturated rings. The van der Waals surface area contributed by atoms with Gasteiger partial charge in [0.25, 0.3) is 0 Å². The molecule has 1 N–H and O–H groups in total. The Balaban J connectivity index is 2.32. The highest BCUT2D eigenvalue weighted by Crippen LogP contribution is 2.23. The van der Waals surface area contributed by atoms with Crippen molar-refractivity contribution in [3.63, 3.8) is 0 Å². The van der Waals surface area contributed by atoms with E-state index in [0.717, 1.165) is 16.1 Å². The van der Waals surface area contributed by atoms with Crippen molar-refractivity contribution in [1.29, 1.82) is 0 Å². The summed E-state index contributed by atoms with van der Waals surface area (Å²) in [5.74, 6) is 0. The molecule has 0 aliphatic carbocycles. The van der Waals surface area contributed by atoms with Crippen LogP contribution in [0.3, 0.4) is 0 Å². The van der Waals surface area contributed by atoms with Crippen LogP contribution in [-0.2, 0) is 0 Å². The SMILES string of the molecule is C[Si](C)(C)C1=NN(C(=O)O)N(c2ccccc2)C1. The number of hydrogen-bond donors (Lipinski definition) is 1. The van der Waals surface area contributed by atoms with Gasteiger partial charge in [-0.05, 0) is 12.1 Å². The maximum Gasteiger partial charge on any atom is 0.448 e. The van der Waals surface area contributed by atoms with E-state index in [-0.39, 0.29) is 0 Å². The number of amides is 1. The van der Waals surface area contributed by atoms with Crippen LogP contribution in [0.2, 0.25) is 19.6 Å². The van der Waals surface area contributed by atoms with Crippen LogP contribution in [0.4, 0.5) is 10.5 Å². The number of carboxylic acid groups (broad SMARTS) is 1. The van der Waals surface area contributed by atoms with Crippen molar-refractivity contribution in [3.8, 4) is 0 Å². The van der Waals surface area contributed by atoms with Gasteiger partial charge in [0.2, 0.25) is 0 Å². The van der Waals surface area contributed by atoms with E-state index < -0.39 is 14.2 Å². The quantitative estimate of drug-likeness (QED) is 0.834. The lowest BCUT2D eigenvalue weighted by Gasteiger charge is -2.24. The zero-order valence-electron chi connectivity index (χ0n) is 10.8.